The van der Waals surface area contributed by atoms with E-state index in [1.807, 2.05) is 19.1 Å². The first-order valence-corrected chi connectivity index (χ1v) is 12.8. The normalized spacial score (nSPS) is 14.9. The van der Waals surface area contributed by atoms with Gasteiger partial charge in [0.05, 0.1) is 5.69 Å². The minimum atomic E-state index is -3.81. The number of rotatable bonds is 10. The molecule has 2 aromatic carbocycles. The van der Waals surface area contributed by atoms with Gasteiger partial charge in [0, 0.05) is 52.5 Å². The summed E-state index contributed by atoms with van der Waals surface area (Å²) in [7, 11) is -0.909. The molecule has 0 bridgehead atoms. The van der Waals surface area contributed by atoms with Gasteiger partial charge in [0.25, 0.3) is 0 Å². The van der Waals surface area contributed by atoms with Crippen LogP contribution in [-0.2, 0) is 15.0 Å². The lowest BCUT2D eigenvalue weighted by atomic mass is 10.2. The Morgan fingerprint density at radius 1 is 1.00 bits per heavy atom. The molecule has 34 heavy (non-hydrogen) atoms. The number of benzene rings is 2. The molecule has 0 saturated carbocycles. The van der Waals surface area contributed by atoms with Crippen LogP contribution in [0.5, 0.6) is 0 Å². The Labute approximate surface area is 202 Å². The first-order valence-electron chi connectivity index (χ1n) is 11.4. The molecule has 0 spiro atoms. The zero-order valence-electron chi connectivity index (χ0n) is 20.1. The van der Waals surface area contributed by atoms with E-state index in [4.69, 9.17) is 0 Å². The molecule has 1 amide bonds. The lowest BCUT2D eigenvalue weighted by Crippen LogP contribution is -2.47. The van der Waals surface area contributed by atoms with Crippen molar-refractivity contribution in [3.05, 3.63) is 59.9 Å². The minimum absolute atomic E-state index is 0.231. The Hall–Kier alpha value is -2.69. The second-order valence-electron chi connectivity index (χ2n) is 8.64. The highest BCUT2D eigenvalue weighted by molar-refractivity contribution is 7.90. The van der Waals surface area contributed by atoms with Gasteiger partial charge in [-0.25, -0.2) is 8.70 Å². The van der Waals surface area contributed by atoms with E-state index in [1.165, 1.54) is 26.2 Å². The summed E-state index contributed by atoms with van der Waals surface area (Å²) in [6.07, 6.45) is 0.771. The van der Waals surface area contributed by atoms with Crippen LogP contribution in [0.3, 0.4) is 0 Å². The molecule has 1 aliphatic heterocycles. The number of aryl methyl sites for hydroxylation is 1. The molecular weight excluding hydrogens is 457 g/mol. The maximum atomic E-state index is 13.1. The van der Waals surface area contributed by atoms with Crippen LogP contribution >= 0.6 is 0 Å². The molecule has 0 aromatic heterocycles. The molecule has 0 radical (unpaired) electrons. The summed E-state index contributed by atoms with van der Waals surface area (Å²) in [6.45, 7) is 6.48. The molecule has 186 valence electrons. The first kappa shape index (κ1) is 25.9. The van der Waals surface area contributed by atoms with Crippen LogP contribution in [0.25, 0.3) is 0 Å². The molecule has 0 aliphatic carbocycles. The Kier molecular flexibility index (Phi) is 8.87. The van der Waals surface area contributed by atoms with E-state index in [1.54, 1.807) is 24.3 Å². The van der Waals surface area contributed by atoms with Crippen molar-refractivity contribution in [2.75, 3.05) is 69.1 Å². The molecule has 1 N–H and O–H groups in total. The van der Waals surface area contributed by atoms with Crippen LogP contribution in [0.4, 0.5) is 15.8 Å². The van der Waals surface area contributed by atoms with Gasteiger partial charge in [-0.1, -0.05) is 17.7 Å². The third kappa shape index (κ3) is 6.91. The fraction of sp³-hybridized carbons (Fsp3) is 0.458. The third-order valence-electron chi connectivity index (χ3n) is 5.89. The highest BCUT2D eigenvalue weighted by atomic mass is 32.2. The molecule has 0 atom stereocenters. The number of carbonyl (C=O) groups excluding carboxylic acids is 1. The van der Waals surface area contributed by atoms with Gasteiger partial charge in [0.1, 0.15) is 12.4 Å². The summed E-state index contributed by atoms with van der Waals surface area (Å²) in [5.41, 5.74) is 2.49. The standard InChI is InChI=1S/C24H34FN5O3S/c1-20-5-9-23(10-6-20)30(34(32,33)27(2)3)19-24(31)26-13-4-14-28-15-17-29(18-16-28)22-11-7-21(25)8-12-22/h5-12H,4,13-19H2,1-3H3,(H,26,31). The fourth-order valence-electron chi connectivity index (χ4n) is 3.81. The maximum absolute atomic E-state index is 13.1. The van der Waals surface area contributed by atoms with E-state index < -0.39 is 10.2 Å². The SMILES string of the molecule is Cc1ccc(N(CC(=O)NCCCN2CCN(c3ccc(F)cc3)CC2)S(=O)(=O)N(C)C)cc1. The van der Waals surface area contributed by atoms with Crippen LogP contribution in [0.2, 0.25) is 0 Å². The molecular formula is C24H34FN5O3S. The first-order chi connectivity index (χ1) is 16.2. The largest absolute Gasteiger partial charge is 0.369 e. The Morgan fingerprint density at radius 3 is 2.21 bits per heavy atom. The van der Waals surface area contributed by atoms with Crippen molar-refractivity contribution in [1.82, 2.24) is 14.5 Å². The van der Waals surface area contributed by atoms with E-state index in [9.17, 15) is 17.6 Å². The third-order valence-corrected chi connectivity index (χ3v) is 7.71. The van der Waals surface area contributed by atoms with E-state index >= 15 is 0 Å². The van der Waals surface area contributed by atoms with Gasteiger partial charge in [0.2, 0.25) is 5.91 Å². The topological polar surface area (TPSA) is 76.2 Å². The Bertz CT molecular complexity index is 1040. The summed E-state index contributed by atoms with van der Waals surface area (Å²) in [6, 6.07) is 13.6. The number of carbonyl (C=O) groups is 1. The van der Waals surface area contributed by atoms with Gasteiger partial charge in [-0.15, -0.1) is 0 Å². The van der Waals surface area contributed by atoms with Crippen molar-refractivity contribution in [3.8, 4) is 0 Å². The Balaban J connectivity index is 1.44. The summed E-state index contributed by atoms with van der Waals surface area (Å²) < 4.78 is 40.9. The second-order valence-corrected chi connectivity index (χ2v) is 10.7. The van der Waals surface area contributed by atoms with Crippen molar-refractivity contribution >= 4 is 27.5 Å². The maximum Gasteiger partial charge on any atom is 0.304 e. The second kappa shape index (κ2) is 11.6. The number of anilines is 2. The zero-order valence-corrected chi connectivity index (χ0v) is 20.9. The van der Waals surface area contributed by atoms with Crippen molar-refractivity contribution in [2.45, 2.75) is 13.3 Å². The number of nitrogens with one attached hydrogen (secondary N) is 1. The number of nitrogens with zero attached hydrogens (tertiary/aromatic N) is 4. The molecule has 0 unspecified atom stereocenters. The van der Waals surface area contributed by atoms with E-state index in [0.29, 0.717) is 12.2 Å². The van der Waals surface area contributed by atoms with Crippen molar-refractivity contribution in [2.24, 2.45) is 0 Å². The Morgan fingerprint density at radius 2 is 1.62 bits per heavy atom. The van der Waals surface area contributed by atoms with E-state index in [-0.39, 0.29) is 18.3 Å². The van der Waals surface area contributed by atoms with E-state index in [2.05, 4.69) is 15.1 Å². The van der Waals surface area contributed by atoms with Gasteiger partial charge in [-0.05, 0) is 56.3 Å². The number of hydrogen-bond acceptors (Lipinski definition) is 5. The summed E-state index contributed by atoms with van der Waals surface area (Å²) in [5.74, 6) is -0.571. The summed E-state index contributed by atoms with van der Waals surface area (Å²) >= 11 is 0. The molecule has 1 fully saturated rings. The molecule has 1 saturated heterocycles. The minimum Gasteiger partial charge on any atom is -0.369 e. The summed E-state index contributed by atoms with van der Waals surface area (Å²) in [5, 5.41) is 2.85. The average Bonchev–Trinajstić information content (AvgIpc) is 2.82. The van der Waals surface area contributed by atoms with Crippen LogP contribution in [-0.4, -0.2) is 83.4 Å². The van der Waals surface area contributed by atoms with Crippen LogP contribution in [0.1, 0.15) is 12.0 Å². The van der Waals surface area contributed by atoms with Gasteiger partial charge >= 0.3 is 10.2 Å². The number of piperazine rings is 1. The zero-order chi connectivity index (χ0) is 24.7. The molecule has 1 aliphatic rings. The van der Waals surface area contributed by atoms with Gasteiger partial charge < -0.3 is 10.2 Å². The predicted molar refractivity (Wildman–Crippen MR) is 134 cm³/mol. The fourth-order valence-corrected chi connectivity index (χ4v) is 4.88. The molecule has 2 aromatic rings. The average molecular weight is 492 g/mol. The van der Waals surface area contributed by atoms with Gasteiger partial charge in [-0.3, -0.25) is 9.69 Å². The quantitative estimate of drug-likeness (QED) is 0.515. The molecule has 10 heteroatoms. The van der Waals surface area contributed by atoms with Gasteiger partial charge in [-0.2, -0.15) is 12.7 Å². The lowest BCUT2D eigenvalue weighted by Gasteiger charge is -2.36. The molecule has 3 rings (SSSR count). The van der Waals surface area contributed by atoms with Crippen LogP contribution in [0, 0.1) is 12.7 Å². The highest BCUT2D eigenvalue weighted by Crippen LogP contribution is 2.20. The number of amides is 1. The van der Waals surface area contributed by atoms with Crippen molar-refractivity contribution < 1.29 is 17.6 Å². The molecule has 1 heterocycles. The molecule has 8 nitrogen and oxygen atoms in total. The summed E-state index contributed by atoms with van der Waals surface area (Å²) in [4.78, 5) is 17.1. The van der Waals surface area contributed by atoms with Gasteiger partial charge in [0.15, 0.2) is 0 Å². The van der Waals surface area contributed by atoms with Crippen molar-refractivity contribution in [3.63, 3.8) is 0 Å². The van der Waals surface area contributed by atoms with Crippen LogP contribution in [0.15, 0.2) is 48.5 Å². The number of halogens is 1. The van der Waals surface area contributed by atoms with E-state index in [0.717, 1.165) is 59.0 Å². The van der Waals surface area contributed by atoms with Crippen molar-refractivity contribution in [1.29, 1.82) is 0 Å². The highest BCUT2D eigenvalue weighted by Gasteiger charge is 2.27. The lowest BCUT2D eigenvalue weighted by molar-refractivity contribution is -0.119. The smallest absolute Gasteiger partial charge is 0.304 e. The number of hydrogen-bond donors (Lipinski definition) is 1. The monoisotopic (exact) mass is 491 g/mol. The predicted octanol–water partition coefficient (Wildman–Crippen LogP) is 2.08. The van der Waals surface area contributed by atoms with Crippen LogP contribution < -0.4 is 14.5 Å².